The van der Waals surface area contributed by atoms with Crippen molar-refractivity contribution in [2.45, 2.75) is 0 Å². The molecule has 0 fully saturated rings. The third kappa shape index (κ3) is 2.39. The van der Waals surface area contributed by atoms with E-state index in [2.05, 4.69) is 10.6 Å². The van der Waals surface area contributed by atoms with Gasteiger partial charge in [0.1, 0.15) is 5.75 Å². The zero-order valence-corrected chi connectivity index (χ0v) is 7.48. The predicted octanol–water partition coefficient (Wildman–Crippen LogP) is 1.31. The minimum absolute atomic E-state index is 0.246. The van der Waals surface area contributed by atoms with Crippen LogP contribution >= 0.6 is 12.2 Å². The van der Waals surface area contributed by atoms with Crippen molar-refractivity contribution in [3.63, 3.8) is 0 Å². The number of aromatic hydroxyl groups is 1. The molecule has 3 nitrogen and oxygen atoms in total. The lowest BCUT2D eigenvalue weighted by Crippen LogP contribution is -2.23. The highest BCUT2D eigenvalue weighted by Gasteiger charge is 1.93. The van der Waals surface area contributed by atoms with Crippen LogP contribution in [0.25, 0.3) is 0 Å². The van der Waals surface area contributed by atoms with E-state index in [0.29, 0.717) is 5.11 Å². The van der Waals surface area contributed by atoms with Crippen LogP contribution in [-0.4, -0.2) is 17.3 Å². The molecule has 0 saturated heterocycles. The van der Waals surface area contributed by atoms with Gasteiger partial charge in [-0.05, 0) is 36.5 Å². The zero-order chi connectivity index (χ0) is 8.97. The Morgan fingerprint density at radius 1 is 1.33 bits per heavy atom. The number of hydrogen-bond donors (Lipinski definition) is 3. The van der Waals surface area contributed by atoms with Gasteiger partial charge >= 0.3 is 0 Å². The lowest BCUT2D eigenvalue weighted by atomic mass is 10.3. The Morgan fingerprint density at radius 3 is 2.42 bits per heavy atom. The van der Waals surface area contributed by atoms with Crippen LogP contribution in [0.1, 0.15) is 0 Å². The molecule has 0 unspecified atom stereocenters. The van der Waals surface area contributed by atoms with E-state index in [1.807, 2.05) is 0 Å². The molecule has 64 valence electrons. The Labute approximate surface area is 76.4 Å². The van der Waals surface area contributed by atoms with E-state index in [-0.39, 0.29) is 5.75 Å². The highest BCUT2D eigenvalue weighted by molar-refractivity contribution is 7.80. The highest BCUT2D eigenvalue weighted by atomic mass is 32.1. The summed E-state index contributed by atoms with van der Waals surface area (Å²) in [5.41, 5.74) is 0.854. The first-order chi connectivity index (χ1) is 5.72. The van der Waals surface area contributed by atoms with Crippen molar-refractivity contribution in [3.8, 4) is 5.75 Å². The van der Waals surface area contributed by atoms with Crippen LogP contribution in [0.5, 0.6) is 5.75 Å². The van der Waals surface area contributed by atoms with Crippen molar-refractivity contribution >= 4 is 23.0 Å². The van der Waals surface area contributed by atoms with Gasteiger partial charge in [-0.2, -0.15) is 0 Å². The molecule has 0 amide bonds. The van der Waals surface area contributed by atoms with Crippen LogP contribution in [0.15, 0.2) is 24.3 Å². The second-order valence-corrected chi connectivity index (χ2v) is 2.66. The Morgan fingerprint density at radius 2 is 1.92 bits per heavy atom. The van der Waals surface area contributed by atoms with Crippen molar-refractivity contribution in [2.75, 3.05) is 12.4 Å². The van der Waals surface area contributed by atoms with Gasteiger partial charge < -0.3 is 15.7 Å². The highest BCUT2D eigenvalue weighted by Crippen LogP contribution is 2.13. The largest absolute Gasteiger partial charge is 0.508 e. The quantitative estimate of drug-likeness (QED) is 0.452. The van der Waals surface area contributed by atoms with Crippen LogP contribution < -0.4 is 10.6 Å². The molecule has 1 aromatic rings. The monoisotopic (exact) mass is 182 g/mol. The summed E-state index contributed by atoms with van der Waals surface area (Å²) in [6.07, 6.45) is 0. The zero-order valence-electron chi connectivity index (χ0n) is 6.66. The standard InChI is InChI=1S/C8H10N2OS/c1-9-8(12)10-6-2-4-7(11)5-3-6/h2-5,11H,1H3,(H2,9,10,12). The van der Waals surface area contributed by atoms with Crippen LogP contribution in [0.3, 0.4) is 0 Å². The van der Waals surface area contributed by atoms with E-state index in [1.54, 1.807) is 31.3 Å². The first-order valence-electron chi connectivity index (χ1n) is 3.50. The lowest BCUT2D eigenvalue weighted by molar-refractivity contribution is 0.475. The third-order valence-corrected chi connectivity index (χ3v) is 1.66. The van der Waals surface area contributed by atoms with Gasteiger partial charge in [-0.3, -0.25) is 0 Å². The van der Waals surface area contributed by atoms with E-state index in [9.17, 15) is 0 Å². The Kier molecular flexibility index (Phi) is 2.88. The van der Waals surface area contributed by atoms with Gasteiger partial charge in [-0.15, -0.1) is 0 Å². The number of nitrogens with one attached hydrogen (secondary N) is 2. The number of rotatable bonds is 1. The van der Waals surface area contributed by atoms with Gasteiger partial charge in [0.2, 0.25) is 0 Å². The fourth-order valence-corrected chi connectivity index (χ4v) is 0.856. The fourth-order valence-electron chi connectivity index (χ4n) is 0.738. The molecule has 0 atom stereocenters. The molecule has 0 heterocycles. The van der Waals surface area contributed by atoms with Crippen molar-refractivity contribution in [3.05, 3.63) is 24.3 Å². The maximum absolute atomic E-state index is 8.97. The molecule has 0 radical (unpaired) electrons. The van der Waals surface area contributed by atoms with Gasteiger partial charge in [-0.25, -0.2) is 0 Å². The van der Waals surface area contributed by atoms with Gasteiger partial charge in [0.05, 0.1) is 0 Å². The Balaban J connectivity index is 2.64. The summed E-state index contributed by atoms with van der Waals surface area (Å²) < 4.78 is 0. The van der Waals surface area contributed by atoms with E-state index in [0.717, 1.165) is 5.69 Å². The fraction of sp³-hybridized carbons (Fsp3) is 0.125. The first-order valence-corrected chi connectivity index (χ1v) is 3.91. The lowest BCUT2D eigenvalue weighted by Gasteiger charge is -2.05. The number of hydrogen-bond acceptors (Lipinski definition) is 2. The molecule has 0 bridgehead atoms. The van der Waals surface area contributed by atoms with Crippen molar-refractivity contribution in [1.29, 1.82) is 0 Å². The van der Waals surface area contributed by atoms with Gasteiger partial charge in [0.15, 0.2) is 5.11 Å². The average molecular weight is 182 g/mol. The molecule has 0 aliphatic carbocycles. The summed E-state index contributed by atoms with van der Waals surface area (Å²) in [6.45, 7) is 0. The van der Waals surface area contributed by atoms with Gasteiger partial charge in [0, 0.05) is 12.7 Å². The second-order valence-electron chi connectivity index (χ2n) is 2.25. The molecule has 0 aliphatic heterocycles. The molecule has 4 heteroatoms. The Bertz CT molecular complexity index is 271. The number of phenols is 1. The van der Waals surface area contributed by atoms with Crippen LogP contribution in [0.2, 0.25) is 0 Å². The molecule has 1 rings (SSSR count). The summed E-state index contributed by atoms with van der Waals surface area (Å²) in [4.78, 5) is 0. The minimum atomic E-state index is 0.246. The summed E-state index contributed by atoms with van der Waals surface area (Å²) in [6, 6.07) is 6.69. The normalized spacial score (nSPS) is 9.08. The smallest absolute Gasteiger partial charge is 0.170 e. The van der Waals surface area contributed by atoms with Crippen LogP contribution in [0.4, 0.5) is 5.69 Å². The average Bonchev–Trinajstić information content (AvgIpc) is 2.09. The maximum atomic E-state index is 8.97. The molecule has 0 saturated carbocycles. The van der Waals surface area contributed by atoms with Crippen LogP contribution in [0, 0.1) is 0 Å². The van der Waals surface area contributed by atoms with E-state index in [1.165, 1.54) is 0 Å². The molecule has 1 aromatic carbocycles. The van der Waals surface area contributed by atoms with Crippen LogP contribution in [-0.2, 0) is 0 Å². The summed E-state index contributed by atoms with van der Waals surface area (Å²) in [7, 11) is 1.75. The second kappa shape index (κ2) is 3.92. The first kappa shape index (κ1) is 8.80. The summed E-state index contributed by atoms with van der Waals surface area (Å²) >= 11 is 4.89. The molecule has 12 heavy (non-hydrogen) atoms. The molecule has 0 aliphatic rings. The van der Waals surface area contributed by atoms with Gasteiger partial charge in [-0.1, -0.05) is 0 Å². The number of phenolic OH excluding ortho intramolecular Hbond substituents is 1. The minimum Gasteiger partial charge on any atom is -0.508 e. The van der Waals surface area contributed by atoms with Gasteiger partial charge in [0.25, 0.3) is 0 Å². The maximum Gasteiger partial charge on any atom is 0.170 e. The van der Waals surface area contributed by atoms with E-state index in [4.69, 9.17) is 17.3 Å². The molecular formula is C8H10N2OS. The topological polar surface area (TPSA) is 44.3 Å². The number of benzene rings is 1. The van der Waals surface area contributed by atoms with Crippen molar-refractivity contribution in [2.24, 2.45) is 0 Å². The van der Waals surface area contributed by atoms with E-state index >= 15 is 0 Å². The molecular weight excluding hydrogens is 172 g/mol. The van der Waals surface area contributed by atoms with Crippen molar-refractivity contribution in [1.82, 2.24) is 5.32 Å². The van der Waals surface area contributed by atoms with E-state index < -0.39 is 0 Å². The van der Waals surface area contributed by atoms with Crippen molar-refractivity contribution < 1.29 is 5.11 Å². The number of anilines is 1. The predicted molar refractivity (Wildman–Crippen MR) is 53.4 cm³/mol. The molecule has 0 spiro atoms. The third-order valence-electron chi connectivity index (χ3n) is 1.35. The summed E-state index contributed by atoms with van der Waals surface area (Å²) in [5, 5.41) is 15.2. The Hall–Kier alpha value is -1.29. The number of thiocarbonyl (C=S) groups is 1. The summed E-state index contributed by atoms with van der Waals surface area (Å²) in [5.74, 6) is 0.246. The molecule has 3 N–H and O–H groups in total. The SMILES string of the molecule is CNC(=S)Nc1ccc(O)cc1. The molecule has 0 aromatic heterocycles.